The van der Waals surface area contributed by atoms with Gasteiger partial charge in [0.05, 0.1) is 19.8 Å². The molecule has 0 unspecified atom stereocenters. The third kappa shape index (κ3) is 5.44. The number of nitrogens with one attached hydrogen (secondary N) is 1. The van der Waals surface area contributed by atoms with Gasteiger partial charge < -0.3 is 23.7 Å². The number of hydrogen-bond donors (Lipinski definition) is 1. The molecule has 146 valence electrons. The number of esters is 1. The van der Waals surface area contributed by atoms with E-state index in [2.05, 4.69) is 15.5 Å². The highest BCUT2D eigenvalue weighted by atomic mass is 16.5. The third-order valence-electron chi connectivity index (χ3n) is 3.77. The van der Waals surface area contributed by atoms with E-state index in [4.69, 9.17) is 18.4 Å². The molecule has 0 fully saturated rings. The predicted molar refractivity (Wildman–Crippen MR) is 96.1 cm³/mol. The van der Waals surface area contributed by atoms with Crippen LogP contribution < -0.4 is 10.1 Å². The molecule has 0 radical (unpaired) electrons. The molecule has 0 aliphatic rings. The summed E-state index contributed by atoms with van der Waals surface area (Å²) in [6.07, 6.45) is 1.73. The maximum Gasteiger partial charge on any atom is 0.306 e. The minimum atomic E-state index is -0.530. The normalized spacial score (nSPS) is 10.5. The Bertz CT molecular complexity index is 902. The topological polar surface area (TPSA) is 117 Å². The Kier molecular flexibility index (Phi) is 6.40. The number of carbonyl (C=O) groups is 2. The van der Waals surface area contributed by atoms with Crippen molar-refractivity contribution in [2.75, 3.05) is 13.7 Å². The van der Waals surface area contributed by atoms with Gasteiger partial charge in [0, 0.05) is 13.0 Å². The minimum absolute atomic E-state index is 0.0194. The fourth-order valence-corrected chi connectivity index (χ4v) is 2.28. The molecule has 1 aromatic carbocycles. The zero-order chi connectivity index (χ0) is 19.8. The molecule has 0 saturated carbocycles. The lowest BCUT2D eigenvalue weighted by Crippen LogP contribution is -2.28. The molecule has 0 aliphatic carbocycles. The molecule has 3 aromatic rings. The summed E-state index contributed by atoms with van der Waals surface area (Å²) in [5, 5.41) is 6.45. The Morgan fingerprint density at radius 3 is 2.71 bits per heavy atom. The smallest absolute Gasteiger partial charge is 0.306 e. The van der Waals surface area contributed by atoms with Gasteiger partial charge in [0.1, 0.15) is 5.75 Å². The number of hydrogen-bond acceptors (Lipinski definition) is 8. The van der Waals surface area contributed by atoms with Gasteiger partial charge in [-0.1, -0.05) is 17.3 Å². The van der Waals surface area contributed by atoms with Crippen LogP contribution in [0.5, 0.6) is 5.75 Å². The summed E-state index contributed by atoms with van der Waals surface area (Å²) in [4.78, 5) is 27.7. The van der Waals surface area contributed by atoms with Gasteiger partial charge in [0.25, 0.3) is 5.91 Å². The summed E-state index contributed by atoms with van der Waals surface area (Å²) in [6.45, 7) is -0.0195. The molecule has 0 atom stereocenters. The largest absolute Gasteiger partial charge is 0.497 e. The van der Waals surface area contributed by atoms with Crippen molar-refractivity contribution in [2.45, 2.75) is 19.4 Å². The van der Waals surface area contributed by atoms with Gasteiger partial charge in [-0.25, -0.2) is 0 Å². The van der Waals surface area contributed by atoms with Crippen molar-refractivity contribution < 1.29 is 28.0 Å². The Hall–Kier alpha value is -3.62. The minimum Gasteiger partial charge on any atom is -0.497 e. The molecule has 2 aromatic heterocycles. The van der Waals surface area contributed by atoms with Gasteiger partial charge in [-0.3, -0.25) is 9.59 Å². The number of ether oxygens (including phenoxy) is 2. The van der Waals surface area contributed by atoms with Crippen LogP contribution in [0.2, 0.25) is 0 Å². The lowest BCUT2D eigenvalue weighted by atomic mass is 10.2. The van der Waals surface area contributed by atoms with Crippen LogP contribution in [0.3, 0.4) is 0 Å². The Morgan fingerprint density at radius 1 is 1.18 bits per heavy atom. The molecule has 0 aliphatic heterocycles. The van der Waals surface area contributed by atoms with Crippen molar-refractivity contribution in [3.63, 3.8) is 0 Å². The van der Waals surface area contributed by atoms with Crippen LogP contribution >= 0.6 is 0 Å². The molecule has 0 spiro atoms. The van der Waals surface area contributed by atoms with Crippen LogP contribution in [-0.4, -0.2) is 35.7 Å². The van der Waals surface area contributed by atoms with E-state index < -0.39 is 5.97 Å². The number of carbonyl (C=O) groups excluding carboxylic acids is 2. The average molecular weight is 385 g/mol. The van der Waals surface area contributed by atoms with Crippen molar-refractivity contribution in [3.05, 3.63) is 54.1 Å². The van der Waals surface area contributed by atoms with Crippen molar-refractivity contribution in [1.82, 2.24) is 15.5 Å². The number of aromatic nitrogens is 2. The molecule has 1 N–H and O–H groups in total. The van der Waals surface area contributed by atoms with Gasteiger partial charge >= 0.3 is 5.97 Å². The van der Waals surface area contributed by atoms with Crippen molar-refractivity contribution in [3.8, 4) is 17.3 Å². The van der Waals surface area contributed by atoms with Crippen molar-refractivity contribution in [2.24, 2.45) is 0 Å². The number of benzene rings is 1. The van der Waals surface area contributed by atoms with E-state index in [0.29, 0.717) is 18.1 Å². The molecule has 0 bridgehead atoms. The highest BCUT2D eigenvalue weighted by Crippen LogP contribution is 2.16. The second-order valence-corrected chi connectivity index (χ2v) is 5.77. The van der Waals surface area contributed by atoms with Crippen LogP contribution in [0.4, 0.5) is 0 Å². The van der Waals surface area contributed by atoms with Gasteiger partial charge in [0.2, 0.25) is 11.7 Å². The molecule has 0 saturated heterocycles. The number of rotatable bonds is 9. The molecule has 3 rings (SSSR count). The van der Waals surface area contributed by atoms with Crippen LogP contribution in [0.25, 0.3) is 11.6 Å². The van der Waals surface area contributed by atoms with E-state index in [1.165, 1.54) is 6.26 Å². The van der Waals surface area contributed by atoms with E-state index in [1.807, 2.05) is 12.1 Å². The molecular formula is C19H19N3O6. The number of amides is 1. The SMILES string of the molecule is COc1ccc(CNC(=O)COC(=O)CCc2nc(-c3ccco3)no2)cc1. The molecule has 9 nitrogen and oxygen atoms in total. The van der Waals surface area contributed by atoms with E-state index in [-0.39, 0.29) is 31.2 Å². The zero-order valence-corrected chi connectivity index (χ0v) is 15.2. The monoisotopic (exact) mass is 385 g/mol. The number of methoxy groups -OCH3 is 1. The van der Waals surface area contributed by atoms with E-state index in [0.717, 1.165) is 11.3 Å². The van der Waals surface area contributed by atoms with Gasteiger partial charge in [-0.2, -0.15) is 4.98 Å². The molecular weight excluding hydrogens is 366 g/mol. The molecule has 28 heavy (non-hydrogen) atoms. The van der Waals surface area contributed by atoms with Gasteiger partial charge in [0.15, 0.2) is 12.4 Å². The fourth-order valence-electron chi connectivity index (χ4n) is 2.28. The summed E-state index contributed by atoms with van der Waals surface area (Å²) in [6, 6.07) is 10.7. The lowest BCUT2D eigenvalue weighted by Gasteiger charge is -2.07. The van der Waals surface area contributed by atoms with Crippen LogP contribution in [0, 0.1) is 0 Å². The summed E-state index contributed by atoms with van der Waals surface area (Å²) >= 11 is 0. The average Bonchev–Trinajstić information content (AvgIpc) is 3.41. The second-order valence-electron chi connectivity index (χ2n) is 5.77. The second kappa shape index (κ2) is 9.36. The summed E-state index contributed by atoms with van der Waals surface area (Å²) in [5.74, 6) is 0.894. The Labute approximate surface area is 160 Å². The lowest BCUT2D eigenvalue weighted by molar-refractivity contribution is -0.148. The first kappa shape index (κ1) is 19.2. The molecule has 2 heterocycles. The maximum absolute atomic E-state index is 11.8. The summed E-state index contributed by atoms with van der Waals surface area (Å²) in [5.41, 5.74) is 0.907. The van der Waals surface area contributed by atoms with E-state index in [9.17, 15) is 9.59 Å². The first-order valence-corrected chi connectivity index (χ1v) is 8.56. The summed E-state index contributed by atoms with van der Waals surface area (Å²) < 4.78 is 20.2. The van der Waals surface area contributed by atoms with Crippen LogP contribution in [0.1, 0.15) is 17.9 Å². The predicted octanol–water partition coefficient (Wildman–Crippen LogP) is 2.13. The highest BCUT2D eigenvalue weighted by Gasteiger charge is 2.13. The summed E-state index contributed by atoms with van der Waals surface area (Å²) in [7, 11) is 1.58. The number of furan rings is 1. The van der Waals surface area contributed by atoms with Gasteiger partial charge in [-0.05, 0) is 29.8 Å². The number of nitrogens with zero attached hydrogens (tertiary/aromatic N) is 2. The van der Waals surface area contributed by atoms with E-state index in [1.54, 1.807) is 31.4 Å². The molecule has 9 heteroatoms. The standard InChI is InChI=1S/C19H19N3O6/c1-25-14-6-4-13(5-7-14)11-20-16(23)12-27-18(24)9-8-17-21-19(22-28-17)15-3-2-10-26-15/h2-7,10H,8-9,11-12H2,1H3,(H,20,23). The zero-order valence-electron chi connectivity index (χ0n) is 15.2. The maximum atomic E-state index is 11.8. The fraction of sp³-hybridized carbons (Fsp3) is 0.263. The quantitative estimate of drug-likeness (QED) is 0.557. The van der Waals surface area contributed by atoms with Gasteiger partial charge in [-0.15, -0.1) is 0 Å². The number of aryl methyl sites for hydroxylation is 1. The van der Waals surface area contributed by atoms with Crippen molar-refractivity contribution in [1.29, 1.82) is 0 Å². The van der Waals surface area contributed by atoms with Crippen LogP contribution in [-0.2, 0) is 27.3 Å². The highest BCUT2D eigenvalue weighted by molar-refractivity contribution is 5.80. The van der Waals surface area contributed by atoms with E-state index >= 15 is 0 Å². The third-order valence-corrected chi connectivity index (χ3v) is 3.77. The first-order chi connectivity index (χ1) is 13.6. The Balaban J connectivity index is 1.35. The van der Waals surface area contributed by atoms with Crippen molar-refractivity contribution >= 4 is 11.9 Å². The first-order valence-electron chi connectivity index (χ1n) is 8.56. The molecule has 1 amide bonds. The van der Waals surface area contributed by atoms with Crippen LogP contribution in [0.15, 0.2) is 51.6 Å². The Morgan fingerprint density at radius 2 is 2.00 bits per heavy atom.